The summed E-state index contributed by atoms with van der Waals surface area (Å²) in [6.07, 6.45) is 0.193. The van der Waals surface area contributed by atoms with Gasteiger partial charge in [-0.15, -0.1) is 0 Å². The van der Waals surface area contributed by atoms with Gasteiger partial charge in [-0.1, -0.05) is 48.5 Å². The number of carbonyl (C=O) groups excluding carboxylic acids is 2. The summed E-state index contributed by atoms with van der Waals surface area (Å²) in [5.41, 5.74) is 0.957. The monoisotopic (exact) mass is 327 g/mol. The Kier molecular flexibility index (Phi) is 6.83. The summed E-state index contributed by atoms with van der Waals surface area (Å²) in [7, 11) is 1.31. The van der Waals surface area contributed by atoms with Crippen LogP contribution in [0, 0.1) is 0 Å². The SMILES string of the molecule is COC(=O)CN(Cc1ccccc1)C(=O)CCOc1ccccc1. The summed E-state index contributed by atoms with van der Waals surface area (Å²) in [4.78, 5) is 25.5. The van der Waals surface area contributed by atoms with Gasteiger partial charge in [0.25, 0.3) is 0 Å². The molecule has 2 aromatic carbocycles. The van der Waals surface area contributed by atoms with Crippen LogP contribution in [0.1, 0.15) is 12.0 Å². The number of methoxy groups -OCH3 is 1. The normalized spacial score (nSPS) is 10.0. The van der Waals surface area contributed by atoms with Crippen LogP contribution in [0.2, 0.25) is 0 Å². The van der Waals surface area contributed by atoms with Crippen molar-refractivity contribution < 1.29 is 19.1 Å². The molecule has 0 atom stereocenters. The fourth-order valence-corrected chi connectivity index (χ4v) is 2.19. The Hall–Kier alpha value is -2.82. The van der Waals surface area contributed by atoms with Crippen molar-refractivity contribution in [3.63, 3.8) is 0 Å². The number of benzene rings is 2. The lowest BCUT2D eigenvalue weighted by Crippen LogP contribution is -2.36. The Labute approximate surface area is 141 Å². The lowest BCUT2D eigenvalue weighted by Gasteiger charge is -2.21. The average Bonchev–Trinajstić information content (AvgIpc) is 2.62. The molecule has 0 saturated heterocycles. The first-order valence-electron chi connectivity index (χ1n) is 7.75. The molecular formula is C19H21NO4. The molecule has 0 unspecified atom stereocenters. The fourth-order valence-electron chi connectivity index (χ4n) is 2.19. The highest BCUT2D eigenvalue weighted by molar-refractivity contribution is 5.82. The fraction of sp³-hybridized carbons (Fsp3) is 0.263. The van der Waals surface area contributed by atoms with E-state index in [1.165, 1.54) is 12.0 Å². The van der Waals surface area contributed by atoms with E-state index in [2.05, 4.69) is 4.74 Å². The molecule has 24 heavy (non-hydrogen) atoms. The Morgan fingerprint density at radius 1 is 0.958 bits per heavy atom. The zero-order valence-corrected chi connectivity index (χ0v) is 13.7. The average molecular weight is 327 g/mol. The van der Waals surface area contributed by atoms with Crippen LogP contribution in [0.4, 0.5) is 0 Å². The van der Waals surface area contributed by atoms with E-state index in [1.807, 2.05) is 60.7 Å². The number of para-hydroxylation sites is 1. The second kappa shape index (κ2) is 9.35. The summed E-state index contributed by atoms with van der Waals surface area (Å²) in [6, 6.07) is 18.8. The predicted octanol–water partition coefficient (Wildman–Crippen LogP) is 2.66. The first kappa shape index (κ1) is 17.5. The predicted molar refractivity (Wildman–Crippen MR) is 90.4 cm³/mol. The number of hydrogen-bond acceptors (Lipinski definition) is 4. The van der Waals surface area contributed by atoms with Crippen LogP contribution in [0.5, 0.6) is 5.75 Å². The lowest BCUT2D eigenvalue weighted by molar-refractivity contribution is -0.147. The third-order valence-corrected chi connectivity index (χ3v) is 3.44. The third kappa shape index (κ3) is 5.76. The van der Waals surface area contributed by atoms with Gasteiger partial charge < -0.3 is 14.4 Å². The summed E-state index contributed by atoms with van der Waals surface area (Å²) < 4.78 is 10.2. The number of nitrogens with zero attached hydrogens (tertiary/aromatic N) is 1. The van der Waals surface area contributed by atoms with Gasteiger partial charge in [0.1, 0.15) is 12.3 Å². The van der Waals surface area contributed by atoms with Gasteiger partial charge in [-0.2, -0.15) is 0 Å². The van der Waals surface area contributed by atoms with E-state index in [-0.39, 0.29) is 25.5 Å². The molecule has 1 amide bonds. The van der Waals surface area contributed by atoms with Crippen LogP contribution in [0.25, 0.3) is 0 Å². The smallest absolute Gasteiger partial charge is 0.325 e. The summed E-state index contributed by atoms with van der Waals surface area (Å²) in [5.74, 6) is 0.122. The van der Waals surface area contributed by atoms with Crippen molar-refractivity contribution in [2.45, 2.75) is 13.0 Å². The number of hydrogen-bond donors (Lipinski definition) is 0. The molecule has 0 saturated carbocycles. The van der Waals surface area contributed by atoms with Crippen molar-refractivity contribution >= 4 is 11.9 Å². The van der Waals surface area contributed by atoms with Gasteiger partial charge in [0.2, 0.25) is 5.91 Å². The number of amides is 1. The van der Waals surface area contributed by atoms with Gasteiger partial charge in [-0.05, 0) is 17.7 Å². The van der Waals surface area contributed by atoms with E-state index in [1.54, 1.807) is 0 Å². The highest BCUT2D eigenvalue weighted by atomic mass is 16.5. The van der Waals surface area contributed by atoms with Crippen molar-refractivity contribution in [1.29, 1.82) is 0 Å². The maximum Gasteiger partial charge on any atom is 0.325 e. The van der Waals surface area contributed by atoms with Crippen LogP contribution < -0.4 is 4.74 Å². The van der Waals surface area contributed by atoms with E-state index in [0.29, 0.717) is 12.3 Å². The third-order valence-electron chi connectivity index (χ3n) is 3.44. The zero-order chi connectivity index (χ0) is 17.2. The minimum absolute atomic E-state index is 0.0738. The molecule has 0 N–H and O–H groups in total. The topological polar surface area (TPSA) is 55.8 Å². The van der Waals surface area contributed by atoms with Gasteiger partial charge >= 0.3 is 5.97 Å². The van der Waals surface area contributed by atoms with E-state index >= 15 is 0 Å². The van der Waals surface area contributed by atoms with Crippen LogP contribution in [0.3, 0.4) is 0 Å². The largest absolute Gasteiger partial charge is 0.493 e. The van der Waals surface area contributed by atoms with Gasteiger partial charge in [-0.25, -0.2) is 0 Å². The van der Waals surface area contributed by atoms with Gasteiger partial charge in [0, 0.05) is 6.54 Å². The molecule has 0 fully saturated rings. The van der Waals surface area contributed by atoms with Crippen molar-refractivity contribution in [3.8, 4) is 5.75 Å². The van der Waals surface area contributed by atoms with E-state index in [4.69, 9.17) is 4.74 Å². The van der Waals surface area contributed by atoms with Crippen molar-refractivity contribution in [2.24, 2.45) is 0 Å². The quantitative estimate of drug-likeness (QED) is 0.700. The molecule has 0 heterocycles. The molecule has 5 nitrogen and oxygen atoms in total. The molecule has 0 aliphatic rings. The number of carbonyl (C=O) groups is 2. The maximum atomic E-state index is 12.4. The van der Waals surface area contributed by atoms with E-state index in [0.717, 1.165) is 5.56 Å². The molecule has 0 aliphatic heterocycles. The standard InChI is InChI=1S/C19H21NO4/c1-23-19(22)15-20(14-16-8-4-2-5-9-16)18(21)12-13-24-17-10-6-3-7-11-17/h2-11H,12-15H2,1H3. The zero-order valence-electron chi connectivity index (χ0n) is 13.7. The Morgan fingerprint density at radius 2 is 1.58 bits per heavy atom. The summed E-state index contributed by atoms with van der Waals surface area (Å²) >= 11 is 0. The van der Waals surface area contributed by atoms with Crippen LogP contribution in [-0.2, 0) is 20.9 Å². The molecule has 2 rings (SSSR count). The Balaban J connectivity index is 1.92. The van der Waals surface area contributed by atoms with E-state index in [9.17, 15) is 9.59 Å². The Bertz CT molecular complexity index is 643. The second-order valence-electron chi connectivity index (χ2n) is 5.22. The molecule has 0 aliphatic carbocycles. The van der Waals surface area contributed by atoms with Crippen LogP contribution in [0.15, 0.2) is 60.7 Å². The van der Waals surface area contributed by atoms with Gasteiger partial charge in [0.05, 0.1) is 20.1 Å². The number of ether oxygens (including phenoxy) is 2. The molecule has 126 valence electrons. The number of rotatable bonds is 8. The highest BCUT2D eigenvalue weighted by Gasteiger charge is 2.18. The van der Waals surface area contributed by atoms with Gasteiger partial charge in [-0.3, -0.25) is 9.59 Å². The summed E-state index contributed by atoms with van der Waals surface area (Å²) in [6.45, 7) is 0.547. The van der Waals surface area contributed by atoms with Crippen molar-refractivity contribution in [1.82, 2.24) is 4.90 Å². The molecule has 2 aromatic rings. The maximum absolute atomic E-state index is 12.4. The molecule has 5 heteroatoms. The molecule has 0 bridgehead atoms. The first-order valence-corrected chi connectivity index (χ1v) is 7.75. The molecular weight excluding hydrogens is 306 g/mol. The van der Waals surface area contributed by atoms with Crippen LogP contribution >= 0.6 is 0 Å². The van der Waals surface area contributed by atoms with Crippen molar-refractivity contribution in [2.75, 3.05) is 20.3 Å². The lowest BCUT2D eigenvalue weighted by atomic mass is 10.2. The van der Waals surface area contributed by atoms with Crippen LogP contribution in [-0.4, -0.2) is 37.0 Å². The van der Waals surface area contributed by atoms with E-state index < -0.39 is 5.97 Å². The molecule has 0 spiro atoms. The Morgan fingerprint density at radius 3 is 2.21 bits per heavy atom. The number of esters is 1. The minimum atomic E-state index is -0.441. The second-order valence-corrected chi connectivity index (χ2v) is 5.22. The highest BCUT2D eigenvalue weighted by Crippen LogP contribution is 2.10. The molecule has 0 radical (unpaired) electrons. The van der Waals surface area contributed by atoms with Gasteiger partial charge in [0.15, 0.2) is 0 Å². The molecule has 0 aromatic heterocycles. The summed E-state index contributed by atoms with van der Waals surface area (Å²) in [5, 5.41) is 0. The van der Waals surface area contributed by atoms with Crippen molar-refractivity contribution in [3.05, 3.63) is 66.2 Å². The minimum Gasteiger partial charge on any atom is -0.493 e. The first-order chi connectivity index (χ1) is 11.7.